The van der Waals surface area contributed by atoms with Crippen molar-refractivity contribution in [3.63, 3.8) is 0 Å². The molecule has 6 rings (SSSR count). The van der Waals surface area contributed by atoms with E-state index in [0.29, 0.717) is 23.5 Å². The molecule has 45 heavy (non-hydrogen) atoms. The molecule has 0 bridgehead atoms. The summed E-state index contributed by atoms with van der Waals surface area (Å²) in [5.74, 6) is 1.07. The standard InChI is InChI=1S/C31H35N9O5/c1-18(2)22(14-41)36-31-37-27(32-13-21(19-9-5-3-6-10-19)20-11-7-4-8-12-20)23-29(38-31)40(16-34-23)30-26(44-17-42)24(43)25(45-30)28-33-15-35-39-28/h3-12,15-18,21-22,24-26,30,41,43H,13-14H2,1-2H3,(H,33,35,39)(H2,32,36,37,38)/t22-,24-,25+,26-,30-/m1/s1. The summed E-state index contributed by atoms with van der Waals surface area (Å²) in [6, 6.07) is 20.1. The largest absolute Gasteiger partial charge is 0.457 e. The molecule has 14 nitrogen and oxygen atoms in total. The second-order valence-electron chi connectivity index (χ2n) is 11.2. The summed E-state index contributed by atoms with van der Waals surface area (Å²) in [7, 11) is 0. The number of hydrogen-bond donors (Lipinski definition) is 5. The minimum atomic E-state index is -1.25. The quantitative estimate of drug-likeness (QED) is 0.123. The zero-order chi connectivity index (χ0) is 31.3. The van der Waals surface area contributed by atoms with Gasteiger partial charge in [-0.2, -0.15) is 9.97 Å². The fourth-order valence-corrected chi connectivity index (χ4v) is 5.54. The molecular formula is C31H35N9O5. The molecule has 14 heteroatoms. The highest BCUT2D eigenvalue weighted by Gasteiger charge is 2.49. The number of carbonyl (C=O) groups excluding carboxylic acids is 1. The fraction of sp³-hybridized carbons (Fsp3) is 0.355. The number of aromatic nitrogens is 7. The van der Waals surface area contributed by atoms with Crippen molar-refractivity contribution in [2.75, 3.05) is 23.8 Å². The van der Waals surface area contributed by atoms with Gasteiger partial charge in [0, 0.05) is 12.5 Å². The van der Waals surface area contributed by atoms with E-state index in [1.807, 2.05) is 50.2 Å². The second-order valence-corrected chi connectivity index (χ2v) is 11.2. The van der Waals surface area contributed by atoms with Crippen molar-refractivity contribution in [2.24, 2.45) is 5.92 Å². The summed E-state index contributed by atoms with van der Waals surface area (Å²) in [5, 5.41) is 35.6. The number of nitrogens with zero attached hydrogens (tertiary/aromatic N) is 6. The van der Waals surface area contributed by atoms with Gasteiger partial charge in [0.15, 0.2) is 35.1 Å². The zero-order valence-electron chi connectivity index (χ0n) is 24.8. The molecular weight excluding hydrogens is 578 g/mol. The van der Waals surface area contributed by atoms with E-state index in [1.54, 1.807) is 4.57 Å². The van der Waals surface area contributed by atoms with E-state index in [0.717, 1.165) is 11.1 Å². The van der Waals surface area contributed by atoms with Crippen molar-refractivity contribution >= 4 is 29.4 Å². The lowest BCUT2D eigenvalue weighted by molar-refractivity contribution is -0.142. The van der Waals surface area contributed by atoms with E-state index in [1.165, 1.54) is 12.7 Å². The molecule has 2 aromatic carbocycles. The Balaban J connectivity index is 1.40. The van der Waals surface area contributed by atoms with Crippen molar-refractivity contribution < 1.29 is 24.5 Å². The van der Waals surface area contributed by atoms with Crippen LogP contribution in [0.3, 0.4) is 0 Å². The summed E-state index contributed by atoms with van der Waals surface area (Å²) in [5.41, 5.74) is 3.07. The first-order valence-electron chi connectivity index (χ1n) is 14.7. The number of aromatic amines is 1. The normalized spacial score (nSPS) is 20.5. The first-order valence-corrected chi connectivity index (χ1v) is 14.7. The van der Waals surface area contributed by atoms with Crippen molar-refractivity contribution in [1.82, 2.24) is 34.7 Å². The molecule has 234 valence electrons. The number of carbonyl (C=O) groups is 1. The third-order valence-electron chi connectivity index (χ3n) is 8.02. The Labute approximate surface area is 258 Å². The maximum atomic E-state index is 11.5. The molecule has 5 aromatic rings. The molecule has 0 amide bonds. The van der Waals surface area contributed by atoms with Gasteiger partial charge in [-0.3, -0.25) is 9.36 Å². The van der Waals surface area contributed by atoms with Gasteiger partial charge < -0.3 is 35.3 Å². The molecule has 5 N–H and O–H groups in total. The van der Waals surface area contributed by atoms with Gasteiger partial charge in [0.2, 0.25) is 5.95 Å². The molecule has 0 unspecified atom stereocenters. The van der Waals surface area contributed by atoms with E-state index in [-0.39, 0.29) is 42.7 Å². The number of benzene rings is 2. The molecule has 1 aliphatic heterocycles. The van der Waals surface area contributed by atoms with E-state index in [9.17, 15) is 15.0 Å². The molecule has 3 aromatic heterocycles. The second kappa shape index (κ2) is 13.4. The number of aliphatic hydroxyl groups excluding tert-OH is 2. The molecule has 0 radical (unpaired) electrons. The summed E-state index contributed by atoms with van der Waals surface area (Å²) in [6.45, 7) is 4.60. The molecule has 4 heterocycles. The van der Waals surface area contributed by atoms with Gasteiger partial charge in [-0.05, 0) is 17.0 Å². The number of aliphatic hydroxyl groups is 2. The van der Waals surface area contributed by atoms with Gasteiger partial charge in [-0.15, -0.1) is 10.2 Å². The highest BCUT2D eigenvalue weighted by atomic mass is 16.6. The van der Waals surface area contributed by atoms with Crippen LogP contribution in [-0.4, -0.2) is 82.8 Å². The average Bonchev–Trinajstić information content (AvgIpc) is 3.81. The predicted octanol–water partition coefficient (Wildman–Crippen LogP) is 2.79. The molecule has 0 saturated carbocycles. The van der Waals surface area contributed by atoms with E-state index >= 15 is 0 Å². The SMILES string of the molecule is CC(C)[C@@H](CO)Nc1nc(NCC(c2ccccc2)c2ccccc2)c2ncn([C@@H]3O[C@H](c4nnc[nH]4)[C@@H](O)[C@H]3OC=O)c2n1. The van der Waals surface area contributed by atoms with Crippen molar-refractivity contribution in [2.45, 2.75) is 50.3 Å². The molecule has 1 fully saturated rings. The number of hydrogen-bond acceptors (Lipinski definition) is 12. The summed E-state index contributed by atoms with van der Waals surface area (Å²) in [4.78, 5) is 28.5. The monoisotopic (exact) mass is 613 g/mol. The number of nitrogens with one attached hydrogen (secondary N) is 3. The van der Waals surface area contributed by atoms with E-state index < -0.39 is 24.5 Å². The van der Waals surface area contributed by atoms with Crippen LogP contribution in [-0.2, 0) is 14.3 Å². The van der Waals surface area contributed by atoms with Crippen LogP contribution in [0.25, 0.3) is 11.2 Å². The average molecular weight is 614 g/mol. The Morgan fingerprint density at radius 3 is 2.40 bits per heavy atom. The smallest absolute Gasteiger partial charge is 0.293 e. The number of rotatable bonds is 13. The molecule has 1 aliphatic rings. The fourth-order valence-electron chi connectivity index (χ4n) is 5.54. The van der Waals surface area contributed by atoms with Crippen LogP contribution in [0.15, 0.2) is 73.3 Å². The Kier molecular flexibility index (Phi) is 8.96. The third-order valence-corrected chi connectivity index (χ3v) is 8.02. The lowest BCUT2D eigenvalue weighted by Crippen LogP contribution is -2.32. The topological polar surface area (TPSA) is 185 Å². The van der Waals surface area contributed by atoms with Crippen molar-refractivity contribution in [3.05, 3.63) is 90.3 Å². The summed E-state index contributed by atoms with van der Waals surface area (Å²) in [6.07, 6.45) is -1.42. The maximum Gasteiger partial charge on any atom is 0.293 e. The minimum absolute atomic E-state index is 0.00175. The maximum absolute atomic E-state index is 11.5. The van der Waals surface area contributed by atoms with Crippen LogP contribution in [0, 0.1) is 5.92 Å². The number of imidazole rings is 1. The van der Waals surface area contributed by atoms with E-state index in [2.05, 4.69) is 55.1 Å². The summed E-state index contributed by atoms with van der Waals surface area (Å²) < 4.78 is 13.1. The highest BCUT2D eigenvalue weighted by Crippen LogP contribution is 2.40. The lowest BCUT2D eigenvalue weighted by Gasteiger charge is -2.22. The minimum Gasteiger partial charge on any atom is -0.457 e. The number of anilines is 2. The molecule has 0 aliphatic carbocycles. The first-order chi connectivity index (χ1) is 22.0. The van der Waals surface area contributed by atoms with Gasteiger partial charge in [-0.1, -0.05) is 74.5 Å². The van der Waals surface area contributed by atoms with Crippen LogP contribution >= 0.6 is 0 Å². The molecule has 0 spiro atoms. The molecule has 1 saturated heterocycles. The third kappa shape index (κ3) is 6.20. The van der Waals surface area contributed by atoms with Gasteiger partial charge in [0.25, 0.3) is 6.47 Å². The summed E-state index contributed by atoms with van der Waals surface area (Å²) >= 11 is 0. The first kappa shape index (κ1) is 30.1. The van der Waals surface area contributed by atoms with Crippen LogP contribution < -0.4 is 10.6 Å². The number of fused-ring (bicyclic) bond motifs is 1. The zero-order valence-corrected chi connectivity index (χ0v) is 24.8. The number of H-pyrrole nitrogens is 1. The lowest BCUT2D eigenvalue weighted by atomic mass is 9.91. The molecule has 5 atom stereocenters. The van der Waals surface area contributed by atoms with Gasteiger partial charge in [0.1, 0.15) is 18.5 Å². The highest BCUT2D eigenvalue weighted by molar-refractivity contribution is 5.84. The predicted molar refractivity (Wildman–Crippen MR) is 164 cm³/mol. The van der Waals surface area contributed by atoms with Crippen LogP contribution in [0.2, 0.25) is 0 Å². The van der Waals surface area contributed by atoms with Crippen LogP contribution in [0.5, 0.6) is 0 Å². The van der Waals surface area contributed by atoms with Crippen LogP contribution in [0.1, 0.15) is 49.0 Å². The van der Waals surface area contributed by atoms with Gasteiger partial charge >= 0.3 is 0 Å². The number of ether oxygens (including phenoxy) is 2. The van der Waals surface area contributed by atoms with Gasteiger partial charge in [0.05, 0.1) is 19.0 Å². The Morgan fingerprint density at radius 2 is 1.80 bits per heavy atom. The van der Waals surface area contributed by atoms with Crippen LogP contribution in [0.4, 0.5) is 11.8 Å². The Morgan fingerprint density at radius 1 is 1.09 bits per heavy atom. The van der Waals surface area contributed by atoms with E-state index in [4.69, 9.17) is 19.4 Å². The van der Waals surface area contributed by atoms with Crippen molar-refractivity contribution in [1.29, 1.82) is 0 Å². The van der Waals surface area contributed by atoms with Gasteiger partial charge in [-0.25, -0.2) is 4.98 Å². The Hall–Kier alpha value is -4.92. The van der Waals surface area contributed by atoms with Crippen molar-refractivity contribution in [3.8, 4) is 0 Å². The Bertz CT molecular complexity index is 1640.